The molecule has 0 aromatic heterocycles. The van der Waals surface area contributed by atoms with Gasteiger partial charge in [-0.25, -0.2) is 0 Å². The summed E-state index contributed by atoms with van der Waals surface area (Å²) in [5.74, 6) is 1.27. The lowest BCUT2D eigenvalue weighted by Gasteiger charge is -2.43. The molecule has 1 aliphatic heterocycles. The van der Waals surface area contributed by atoms with E-state index in [1.165, 1.54) is 19.3 Å². The molecule has 1 saturated carbocycles. The van der Waals surface area contributed by atoms with Gasteiger partial charge >= 0.3 is 0 Å². The van der Waals surface area contributed by atoms with Crippen molar-refractivity contribution in [3.63, 3.8) is 0 Å². The first-order chi connectivity index (χ1) is 9.50. The Bertz CT molecular complexity index is 307. The molecule has 3 unspecified atom stereocenters. The smallest absolute Gasteiger partial charge is 0.0724 e. The second kappa shape index (κ2) is 6.73. The number of hydrogen-bond donors (Lipinski definition) is 2. The van der Waals surface area contributed by atoms with Gasteiger partial charge in [0.25, 0.3) is 0 Å². The summed E-state index contributed by atoms with van der Waals surface area (Å²) in [6.07, 6.45) is 4.02. The molecule has 0 spiro atoms. The Labute approximate surface area is 123 Å². The summed E-state index contributed by atoms with van der Waals surface area (Å²) in [4.78, 5) is 2.48. The zero-order chi connectivity index (χ0) is 14.8. The van der Waals surface area contributed by atoms with Crippen LogP contribution in [0.15, 0.2) is 0 Å². The molecule has 20 heavy (non-hydrogen) atoms. The van der Waals surface area contributed by atoms with Gasteiger partial charge in [0.15, 0.2) is 0 Å². The summed E-state index contributed by atoms with van der Waals surface area (Å²) in [6, 6.07) is 0.407. The van der Waals surface area contributed by atoms with Gasteiger partial charge in [-0.15, -0.1) is 0 Å². The maximum absolute atomic E-state index is 10.0. The molecule has 3 atom stereocenters. The molecule has 1 saturated heterocycles. The first-order valence-electron chi connectivity index (χ1n) is 8.14. The Morgan fingerprint density at radius 3 is 2.55 bits per heavy atom. The highest BCUT2D eigenvalue weighted by molar-refractivity contribution is 5.04. The second-order valence-electron chi connectivity index (χ2n) is 7.16. The van der Waals surface area contributed by atoms with Crippen LogP contribution in [-0.2, 0) is 4.74 Å². The predicted molar refractivity (Wildman–Crippen MR) is 81.8 cm³/mol. The minimum atomic E-state index is -0.118. The quantitative estimate of drug-likeness (QED) is 0.743. The highest BCUT2D eigenvalue weighted by Gasteiger charge is 2.46. The number of aliphatic hydroxyl groups excluding tert-OH is 1. The molecule has 0 radical (unpaired) electrons. The fourth-order valence-corrected chi connectivity index (χ4v) is 3.68. The van der Waals surface area contributed by atoms with Gasteiger partial charge in [0.05, 0.1) is 18.2 Å². The van der Waals surface area contributed by atoms with Crippen molar-refractivity contribution in [1.82, 2.24) is 10.2 Å². The standard InChI is InChI=1S/C16H32N2O2/c1-12(2)17-16(11-19,14-5-6-14)10-18-8-7-13(3)15(9-18)20-4/h12-15,17,19H,5-11H2,1-4H3. The molecule has 0 bridgehead atoms. The molecule has 0 aromatic carbocycles. The number of likely N-dealkylation sites (tertiary alicyclic amines) is 1. The molecule has 2 N–H and O–H groups in total. The first kappa shape index (κ1) is 16.2. The number of nitrogens with zero attached hydrogens (tertiary/aromatic N) is 1. The van der Waals surface area contributed by atoms with Gasteiger partial charge in [-0.05, 0) is 37.6 Å². The molecule has 1 aliphatic carbocycles. The monoisotopic (exact) mass is 284 g/mol. The molecule has 2 aliphatic rings. The largest absolute Gasteiger partial charge is 0.394 e. The summed E-state index contributed by atoms with van der Waals surface area (Å²) in [6.45, 7) is 9.91. The number of aliphatic hydroxyl groups is 1. The molecule has 0 aromatic rings. The normalized spacial score (nSPS) is 31.5. The van der Waals surface area contributed by atoms with Crippen LogP contribution < -0.4 is 5.32 Å². The van der Waals surface area contributed by atoms with Crippen molar-refractivity contribution in [2.24, 2.45) is 11.8 Å². The fourth-order valence-electron chi connectivity index (χ4n) is 3.68. The molecule has 0 amide bonds. The highest BCUT2D eigenvalue weighted by atomic mass is 16.5. The number of nitrogens with one attached hydrogen (secondary N) is 1. The average molecular weight is 284 g/mol. The third-order valence-corrected chi connectivity index (χ3v) is 5.00. The van der Waals surface area contributed by atoms with Gasteiger partial charge < -0.3 is 15.2 Å². The fraction of sp³-hybridized carbons (Fsp3) is 1.00. The van der Waals surface area contributed by atoms with Gasteiger partial charge in [-0.1, -0.05) is 20.8 Å². The van der Waals surface area contributed by atoms with Crippen LogP contribution in [-0.4, -0.2) is 61.0 Å². The van der Waals surface area contributed by atoms with Gasteiger partial charge in [-0.2, -0.15) is 0 Å². The van der Waals surface area contributed by atoms with Crippen LogP contribution in [0.3, 0.4) is 0 Å². The highest BCUT2D eigenvalue weighted by Crippen LogP contribution is 2.40. The van der Waals surface area contributed by atoms with E-state index >= 15 is 0 Å². The Hall–Kier alpha value is -0.160. The zero-order valence-electron chi connectivity index (χ0n) is 13.6. The molecule has 2 rings (SSSR count). The van der Waals surface area contributed by atoms with Crippen molar-refractivity contribution in [3.8, 4) is 0 Å². The van der Waals surface area contributed by atoms with Crippen molar-refractivity contribution in [2.75, 3.05) is 33.4 Å². The lowest BCUT2D eigenvalue weighted by molar-refractivity contribution is -0.0216. The summed E-state index contributed by atoms with van der Waals surface area (Å²) in [7, 11) is 1.82. The third kappa shape index (κ3) is 3.73. The van der Waals surface area contributed by atoms with Crippen molar-refractivity contribution >= 4 is 0 Å². The van der Waals surface area contributed by atoms with E-state index in [1.54, 1.807) is 0 Å². The molecular weight excluding hydrogens is 252 g/mol. The molecule has 4 nitrogen and oxygen atoms in total. The van der Waals surface area contributed by atoms with Crippen LogP contribution in [0.1, 0.15) is 40.0 Å². The van der Waals surface area contributed by atoms with E-state index in [-0.39, 0.29) is 12.1 Å². The summed E-state index contributed by atoms with van der Waals surface area (Å²) < 4.78 is 5.61. The van der Waals surface area contributed by atoms with Crippen LogP contribution in [0.4, 0.5) is 0 Å². The van der Waals surface area contributed by atoms with E-state index in [4.69, 9.17) is 4.74 Å². The Kier molecular flexibility index (Phi) is 5.46. The van der Waals surface area contributed by atoms with Crippen LogP contribution in [0, 0.1) is 11.8 Å². The Morgan fingerprint density at radius 1 is 1.35 bits per heavy atom. The SMILES string of the molecule is COC1CN(CC(CO)(NC(C)C)C2CC2)CCC1C. The van der Waals surface area contributed by atoms with Crippen molar-refractivity contribution in [1.29, 1.82) is 0 Å². The van der Waals surface area contributed by atoms with Gasteiger partial charge in [-0.3, -0.25) is 4.90 Å². The Morgan fingerprint density at radius 2 is 2.05 bits per heavy atom. The number of methoxy groups -OCH3 is 1. The van der Waals surface area contributed by atoms with E-state index in [9.17, 15) is 5.11 Å². The number of rotatable bonds is 7. The minimum absolute atomic E-state index is 0.118. The number of ether oxygens (including phenoxy) is 1. The minimum Gasteiger partial charge on any atom is -0.394 e. The molecule has 118 valence electrons. The number of piperidine rings is 1. The first-order valence-corrected chi connectivity index (χ1v) is 8.14. The summed E-state index contributed by atoms with van der Waals surface area (Å²) >= 11 is 0. The average Bonchev–Trinajstić information content (AvgIpc) is 3.24. The van der Waals surface area contributed by atoms with Gasteiger partial charge in [0.1, 0.15) is 0 Å². The van der Waals surface area contributed by atoms with Crippen LogP contribution >= 0.6 is 0 Å². The topological polar surface area (TPSA) is 44.7 Å². The van der Waals surface area contributed by atoms with E-state index < -0.39 is 0 Å². The Balaban J connectivity index is 2.00. The van der Waals surface area contributed by atoms with Crippen molar-refractivity contribution in [3.05, 3.63) is 0 Å². The summed E-state index contributed by atoms with van der Waals surface area (Å²) in [5, 5.41) is 13.7. The zero-order valence-corrected chi connectivity index (χ0v) is 13.6. The molecular formula is C16H32N2O2. The molecule has 4 heteroatoms. The summed E-state index contributed by atoms with van der Waals surface area (Å²) in [5.41, 5.74) is -0.118. The van der Waals surface area contributed by atoms with Crippen molar-refractivity contribution < 1.29 is 9.84 Å². The predicted octanol–water partition coefficient (Wildman–Crippen LogP) is 1.48. The maximum atomic E-state index is 10.0. The van der Waals surface area contributed by atoms with E-state index in [0.29, 0.717) is 24.0 Å². The van der Waals surface area contributed by atoms with Crippen LogP contribution in [0.25, 0.3) is 0 Å². The maximum Gasteiger partial charge on any atom is 0.0724 e. The lowest BCUT2D eigenvalue weighted by Crippen LogP contribution is -2.61. The van der Waals surface area contributed by atoms with Gasteiger partial charge in [0.2, 0.25) is 0 Å². The lowest BCUT2D eigenvalue weighted by atomic mass is 9.89. The third-order valence-electron chi connectivity index (χ3n) is 5.00. The van der Waals surface area contributed by atoms with Gasteiger partial charge in [0, 0.05) is 26.2 Å². The number of hydrogen-bond acceptors (Lipinski definition) is 4. The van der Waals surface area contributed by atoms with E-state index in [2.05, 4.69) is 31.0 Å². The van der Waals surface area contributed by atoms with Crippen LogP contribution in [0.2, 0.25) is 0 Å². The van der Waals surface area contributed by atoms with E-state index in [1.807, 2.05) is 7.11 Å². The molecule has 1 heterocycles. The van der Waals surface area contributed by atoms with Crippen LogP contribution in [0.5, 0.6) is 0 Å². The molecule has 2 fully saturated rings. The van der Waals surface area contributed by atoms with Crippen molar-refractivity contribution in [2.45, 2.75) is 57.7 Å². The second-order valence-corrected chi connectivity index (χ2v) is 7.16. The van der Waals surface area contributed by atoms with E-state index in [0.717, 1.165) is 19.6 Å².